The standard InChI is InChI=1S/C16H26O2/c1-5-14(17)12-18-15-9-7-6-8-13(15)10-11-16(2,3)4/h6-9,14,17H,5,10-12H2,1-4H3. The van der Waals surface area contributed by atoms with Crippen molar-refractivity contribution in [2.45, 2.75) is 53.1 Å². The summed E-state index contributed by atoms with van der Waals surface area (Å²) in [5.74, 6) is 0.911. The third kappa shape index (κ3) is 5.54. The number of rotatable bonds is 6. The maximum atomic E-state index is 9.54. The summed E-state index contributed by atoms with van der Waals surface area (Å²) < 4.78 is 5.71. The Bertz CT molecular complexity index is 352. The van der Waals surface area contributed by atoms with E-state index in [9.17, 15) is 5.11 Å². The van der Waals surface area contributed by atoms with Crippen molar-refractivity contribution in [1.29, 1.82) is 0 Å². The van der Waals surface area contributed by atoms with Gasteiger partial charge in [-0.2, -0.15) is 0 Å². The molecule has 1 aromatic carbocycles. The zero-order valence-electron chi connectivity index (χ0n) is 12.1. The van der Waals surface area contributed by atoms with E-state index in [1.165, 1.54) is 5.56 Å². The van der Waals surface area contributed by atoms with E-state index in [1.54, 1.807) is 0 Å². The second-order valence-corrected chi connectivity index (χ2v) is 6.04. The van der Waals surface area contributed by atoms with E-state index < -0.39 is 0 Å². The molecule has 0 aromatic heterocycles. The van der Waals surface area contributed by atoms with Gasteiger partial charge in [-0.25, -0.2) is 0 Å². The van der Waals surface area contributed by atoms with Crippen LogP contribution >= 0.6 is 0 Å². The van der Waals surface area contributed by atoms with Gasteiger partial charge >= 0.3 is 0 Å². The first-order valence-electron chi connectivity index (χ1n) is 6.81. The molecule has 0 bridgehead atoms. The van der Waals surface area contributed by atoms with Gasteiger partial charge in [0.05, 0.1) is 6.10 Å². The molecule has 1 N–H and O–H groups in total. The van der Waals surface area contributed by atoms with Gasteiger partial charge in [-0.05, 0) is 36.3 Å². The summed E-state index contributed by atoms with van der Waals surface area (Å²) in [4.78, 5) is 0. The van der Waals surface area contributed by atoms with Crippen molar-refractivity contribution in [2.24, 2.45) is 5.41 Å². The average molecular weight is 250 g/mol. The topological polar surface area (TPSA) is 29.5 Å². The smallest absolute Gasteiger partial charge is 0.122 e. The first kappa shape index (κ1) is 15.0. The maximum Gasteiger partial charge on any atom is 0.122 e. The second-order valence-electron chi connectivity index (χ2n) is 6.04. The van der Waals surface area contributed by atoms with Gasteiger partial charge in [0.2, 0.25) is 0 Å². The zero-order valence-corrected chi connectivity index (χ0v) is 12.1. The van der Waals surface area contributed by atoms with Gasteiger partial charge in [0.25, 0.3) is 0 Å². The molecule has 0 saturated carbocycles. The molecule has 1 unspecified atom stereocenters. The van der Waals surface area contributed by atoms with Crippen LogP contribution in [-0.2, 0) is 6.42 Å². The van der Waals surface area contributed by atoms with Crippen LogP contribution in [-0.4, -0.2) is 17.8 Å². The van der Waals surface area contributed by atoms with Crippen molar-refractivity contribution >= 4 is 0 Å². The molecule has 0 saturated heterocycles. The number of aryl methyl sites for hydroxylation is 1. The monoisotopic (exact) mass is 250 g/mol. The predicted octanol–water partition coefficient (Wildman–Crippen LogP) is 3.82. The lowest BCUT2D eigenvalue weighted by Crippen LogP contribution is -2.16. The van der Waals surface area contributed by atoms with E-state index in [-0.39, 0.29) is 6.10 Å². The predicted molar refractivity (Wildman–Crippen MR) is 76.0 cm³/mol. The molecular formula is C16H26O2. The fraction of sp³-hybridized carbons (Fsp3) is 0.625. The lowest BCUT2D eigenvalue weighted by molar-refractivity contribution is 0.104. The van der Waals surface area contributed by atoms with Crippen LogP contribution in [0.15, 0.2) is 24.3 Å². The summed E-state index contributed by atoms with van der Waals surface area (Å²) in [6, 6.07) is 8.12. The minimum atomic E-state index is -0.374. The molecule has 1 atom stereocenters. The van der Waals surface area contributed by atoms with E-state index in [0.717, 1.165) is 25.0 Å². The Kier molecular flexibility index (Phi) is 5.67. The first-order valence-corrected chi connectivity index (χ1v) is 6.81. The molecule has 102 valence electrons. The molecule has 2 nitrogen and oxygen atoms in total. The number of hydrogen-bond donors (Lipinski definition) is 1. The second kappa shape index (κ2) is 6.79. The molecule has 0 amide bonds. The molecule has 18 heavy (non-hydrogen) atoms. The quantitative estimate of drug-likeness (QED) is 0.831. The molecule has 1 rings (SSSR count). The molecule has 0 radical (unpaired) electrons. The highest BCUT2D eigenvalue weighted by atomic mass is 16.5. The highest BCUT2D eigenvalue weighted by Gasteiger charge is 2.12. The van der Waals surface area contributed by atoms with Crippen LogP contribution in [0, 0.1) is 5.41 Å². The van der Waals surface area contributed by atoms with E-state index >= 15 is 0 Å². The summed E-state index contributed by atoms with van der Waals surface area (Å²) in [6.45, 7) is 9.08. The lowest BCUT2D eigenvalue weighted by Gasteiger charge is -2.19. The molecular weight excluding hydrogens is 224 g/mol. The SMILES string of the molecule is CCC(O)COc1ccccc1CCC(C)(C)C. The fourth-order valence-electron chi connectivity index (χ4n) is 1.66. The van der Waals surface area contributed by atoms with Crippen LogP contribution in [0.3, 0.4) is 0 Å². The summed E-state index contributed by atoms with van der Waals surface area (Å²) in [5.41, 5.74) is 1.56. The molecule has 0 aliphatic rings. The number of benzene rings is 1. The summed E-state index contributed by atoms with van der Waals surface area (Å²) >= 11 is 0. The van der Waals surface area contributed by atoms with E-state index in [4.69, 9.17) is 4.74 Å². The minimum Gasteiger partial charge on any atom is -0.491 e. The van der Waals surface area contributed by atoms with Crippen molar-refractivity contribution in [3.05, 3.63) is 29.8 Å². The number of ether oxygens (including phenoxy) is 1. The van der Waals surface area contributed by atoms with E-state index in [0.29, 0.717) is 12.0 Å². The molecule has 1 aromatic rings. The van der Waals surface area contributed by atoms with Crippen LogP contribution < -0.4 is 4.74 Å². The molecule has 0 heterocycles. The maximum absolute atomic E-state index is 9.54. The van der Waals surface area contributed by atoms with Crippen molar-refractivity contribution in [2.75, 3.05) is 6.61 Å². The van der Waals surface area contributed by atoms with Gasteiger partial charge in [-0.3, -0.25) is 0 Å². The summed E-state index contributed by atoms with van der Waals surface area (Å²) in [7, 11) is 0. The Labute approximate surface area is 111 Å². The van der Waals surface area contributed by atoms with Crippen LogP contribution in [0.5, 0.6) is 5.75 Å². The molecule has 0 aliphatic carbocycles. The van der Waals surface area contributed by atoms with Gasteiger partial charge in [0.15, 0.2) is 0 Å². The molecule has 0 spiro atoms. The van der Waals surface area contributed by atoms with Gasteiger partial charge in [-0.15, -0.1) is 0 Å². The highest BCUT2D eigenvalue weighted by molar-refractivity contribution is 5.33. The normalized spacial score (nSPS) is 13.4. The number of hydrogen-bond acceptors (Lipinski definition) is 2. The van der Waals surface area contributed by atoms with Crippen molar-refractivity contribution in [1.82, 2.24) is 0 Å². The van der Waals surface area contributed by atoms with Crippen LogP contribution in [0.25, 0.3) is 0 Å². The number of para-hydroxylation sites is 1. The highest BCUT2D eigenvalue weighted by Crippen LogP contribution is 2.26. The van der Waals surface area contributed by atoms with Crippen molar-refractivity contribution in [3.63, 3.8) is 0 Å². The number of aliphatic hydroxyl groups excluding tert-OH is 1. The Morgan fingerprint density at radius 1 is 1.22 bits per heavy atom. The largest absolute Gasteiger partial charge is 0.491 e. The average Bonchev–Trinajstić information content (AvgIpc) is 2.33. The molecule has 2 heteroatoms. The van der Waals surface area contributed by atoms with E-state index in [1.807, 2.05) is 25.1 Å². The Hall–Kier alpha value is -1.02. The van der Waals surface area contributed by atoms with Gasteiger partial charge in [-0.1, -0.05) is 45.9 Å². The minimum absolute atomic E-state index is 0.329. The Morgan fingerprint density at radius 3 is 2.50 bits per heavy atom. The van der Waals surface area contributed by atoms with Crippen LogP contribution in [0.2, 0.25) is 0 Å². The lowest BCUT2D eigenvalue weighted by atomic mass is 9.88. The van der Waals surface area contributed by atoms with Gasteiger partial charge in [0.1, 0.15) is 12.4 Å². The summed E-state index contributed by atoms with van der Waals surface area (Å²) in [5, 5.41) is 9.54. The van der Waals surface area contributed by atoms with E-state index in [2.05, 4.69) is 26.8 Å². The Balaban J connectivity index is 2.62. The van der Waals surface area contributed by atoms with Gasteiger partial charge in [0, 0.05) is 0 Å². The fourth-order valence-corrected chi connectivity index (χ4v) is 1.66. The summed E-state index contributed by atoms with van der Waals surface area (Å²) in [6.07, 6.45) is 2.50. The Morgan fingerprint density at radius 2 is 1.89 bits per heavy atom. The first-order chi connectivity index (χ1) is 8.42. The molecule has 0 fully saturated rings. The molecule has 0 aliphatic heterocycles. The van der Waals surface area contributed by atoms with Crippen LogP contribution in [0.1, 0.15) is 46.1 Å². The third-order valence-corrected chi connectivity index (χ3v) is 3.02. The number of aliphatic hydroxyl groups is 1. The zero-order chi connectivity index (χ0) is 13.6. The van der Waals surface area contributed by atoms with Crippen molar-refractivity contribution in [3.8, 4) is 5.75 Å². The van der Waals surface area contributed by atoms with Crippen LogP contribution in [0.4, 0.5) is 0 Å². The van der Waals surface area contributed by atoms with Crippen molar-refractivity contribution < 1.29 is 9.84 Å². The van der Waals surface area contributed by atoms with Gasteiger partial charge < -0.3 is 9.84 Å². The third-order valence-electron chi connectivity index (χ3n) is 3.02.